The normalized spacial score (nSPS) is 22.0. The largest absolute Gasteiger partial charge is 0.375 e. The molecule has 0 aromatic heterocycles. The summed E-state index contributed by atoms with van der Waals surface area (Å²) >= 11 is 5.83. The Hall–Kier alpha value is -0.570. The van der Waals surface area contributed by atoms with Crippen molar-refractivity contribution in [1.82, 2.24) is 0 Å². The minimum atomic E-state index is 0.00557. The van der Waals surface area contributed by atoms with Gasteiger partial charge in [-0.05, 0) is 23.3 Å². The molecule has 12 heavy (non-hydrogen) atoms. The Morgan fingerprint density at radius 1 is 1.50 bits per heavy atom. The minimum absolute atomic E-state index is 0.00557. The van der Waals surface area contributed by atoms with Crippen LogP contribution in [-0.4, -0.2) is 6.61 Å². The molecule has 0 fully saturated rings. The summed E-state index contributed by atoms with van der Waals surface area (Å²) in [4.78, 5) is 0. The molecule has 0 amide bonds. The second-order valence-corrected chi connectivity index (χ2v) is 3.40. The van der Waals surface area contributed by atoms with E-state index in [1.165, 1.54) is 0 Å². The lowest BCUT2D eigenvalue weighted by atomic mass is 10.00. The van der Waals surface area contributed by atoms with Crippen molar-refractivity contribution in [3.05, 3.63) is 34.3 Å². The summed E-state index contributed by atoms with van der Waals surface area (Å²) in [7, 11) is 0. The second-order valence-electron chi connectivity index (χ2n) is 2.96. The Morgan fingerprint density at radius 2 is 2.33 bits per heavy atom. The molecule has 0 spiro atoms. The Balaban J connectivity index is 2.46. The zero-order chi connectivity index (χ0) is 8.55. The zero-order valence-electron chi connectivity index (χ0n) is 6.59. The fourth-order valence-electron chi connectivity index (χ4n) is 1.45. The molecule has 0 saturated heterocycles. The molecule has 1 atom stereocenters. The molecule has 2 nitrogen and oxygen atoms in total. The van der Waals surface area contributed by atoms with E-state index in [2.05, 4.69) is 0 Å². The average Bonchev–Trinajstić information content (AvgIpc) is 2.04. The van der Waals surface area contributed by atoms with Crippen LogP contribution in [0.15, 0.2) is 18.2 Å². The topological polar surface area (TPSA) is 35.2 Å². The lowest BCUT2D eigenvalue weighted by Crippen LogP contribution is -2.23. The van der Waals surface area contributed by atoms with E-state index < -0.39 is 0 Å². The van der Waals surface area contributed by atoms with Crippen LogP contribution in [0.2, 0.25) is 5.02 Å². The van der Waals surface area contributed by atoms with Gasteiger partial charge in [-0.25, -0.2) is 0 Å². The van der Waals surface area contributed by atoms with Crippen molar-refractivity contribution in [2.24, 2.45) is 5.73 Å². The molecule has 0 bridgehead atoms. The summed E-state index contributed by atoms with van der Waals surface area (Å²) in [6, 6.07) is 5.76. The smallest absolute Gasteiger partial charge is 0.0721 e. The SMILES string of the molecule is NC1COCc2cc(Cl)ccc21. The Kier molecular flexibility index (Phi) is 2.05. The van der Waals surface area contributed by atoms with Crippen molar-refractivity contribution >= 4 is 11.6 Å². The van der Waals surface area contributed by atoms with Crippen LogP contribution in [0.3, 0.4) is 0 Å². The molecule has 1 aromatic carbocycles. The third-order valence-electron chi connectivity index (χ3n) is 2.06. The number of benzene rings is 1. The van der Waals surface area contributed by atoms with Crippen LogP contribution >= 0.6 is 11.6 Å². The van der Waals surface area contributed by atoms with Gasteiger partial charge in [-0.15, -0.1) is 0 Å². The number of hydrogen-bond donors (Lipinski definition) is 1. The lowest BCUT2D eigenvalue weighted by molar-refractivity contribution is 0.0924. The zero-order valence-corrected chi connectivity index (χ0v) is 7.34. The number of fused-ring (bicyclic) bond motifs is 1. The summed E-state index contributed by atoms with van der Waals surface area (Å²) in [5, 5.41) is 0.742. The van der Waals surface area contributed by atoms with E-state index in [0.717, 1.165) is 16.1 Å². The van der Waals surface area contributed by atoms with Gasteiger partial charge < -0.3 is 10.5 Å². The first-order chi connectivity index (χ1) is 5.77. The molecule has 1 aromatic rings. The first-order valence-electron chi connectivity index (χ1n) is 3.89. The van der Waals surface area contributed by atoms with E-state index in [4.69, 9.17) is 22.1 Å². The molecule has 3 heteroatoms. The molecular formula is C9H10ClNO. The molecule has 1 heterocycles. The van der Waals surface area contributed by atoms with Crippen LogP contribution in [0.1, 0.15) is 17.2 Å². The molecule has 0 aliphatic carbocycles. The summed E-state index contributed by atoms with van der Waals surface area (Å²) < 4.78 is 5.28. The van der Waals surface area contributed by atoms with Crippen molar-refractivity contribution in [2.75, 3.05) is 6.61 Å². The maximum absolute atomic E-state index is 5.83. The van der Waals surface area contributed by atoms with Crippen LogP contribution in [0.25, 0.3) is 0 Å². The summed E-state index contributed by atoms with van der Waals surface area (Å²) in [6.45, 7) is 1.23. The van der Waals surface area contributed by atoms with E-state index in [1.54, 1.807) is 0 Å². The number of rotatable bonds is 0. The summed E-state index contributed by atoms with van der Waals surface area (Å²) in [6.07, 6.45) is 0. The monoisotopic (exact) mass is 183 g/mol. The maximum atomic E-state index is 5.83. The van der Waals surface area contributed by atoms with E-state index in [0.29, 0.717) is 13.2 Å². The molecule has 2 N–H and O–H groups in total. The van der Waals surface area contributed by atoms with Gasteiger partial charge in [0.25, 0.3) is 0 Å². The number of nitrogens with two attached hydrogens (primary N) is 1. The van der Waals surface area contributed by atoms with Crippen molar-refractivity contribution in [2.45, 2.75) is 12.6 Å². The number of halogens is 1. The van der Waals surface area contributed by atoms with Crippen molar-refractivity contribution in [1.29, 1.82) is 0 Å². The first-order valence-corrected chi connectivity index (χ1v) is 4.27. The van der Waals surface area contributed by atoms with Crippen molar-refractivity contribution in [3.8, 4) is 0 Å². The molecule has 2 rings (SSSR count). The van der Waals surface area contributed by atoms with Gasteiger partial charge in [0.2, 0.25) is 0 Å². The molecule has 64 valence electrons. The highest BCUT2D eigenvalue weighted by Gasteiger charge is 2.16. The predicted molar refractivity (Wildman–Crippen MR) is 48.0 cm³/mol. The fourth-order valence-corrected chi connectivity index (χ4v) is 1.64. The standard InChI is InChI=1S/C9H10ClNO/c10-7-1-2-8-6(3-7)4-12-5-9(8)11/h1-3,9H,4-5,11H2. The fraction of sp³-hybridized carbons (Fsp3) is 0.333. The Labute approximate surface area is 76.3 Å². The molecular weight excluding hydrogens is 174 g/mol. The third kappa shape index (κ3) is 1.33. The molecule has 1 aliphatic heterocycles. The molecule has 1 aliphatic rings. The molecule has 0 radical (unpaired) electrons. The van der Waals surface area contributed by atoms with Crippen LogP contribution < -0.4 is 5.73 Å². The van der Waals surface area contributed by atoms with Gasteiger partial charge in [0.1, 0.15) is 0 Å². The maximum Gasteiger partial charge on any atom is 0.0721 e. The van der Waals surface area contributed by atoms with E-state index in [1.807, 2.05) is 18.2 Å². The first kappa shape index (κ1) is 8.05. The quantitative estimate of drug-likeness (QED) is 0.667. The number of hydrogen-bond acceptors (Lipinski definition) is 2. The highest BCUT2D eigenvalue weighted by Crippen LogP contribution is 2.25. The van der Waals surface area contributed by atoms with Gasteiger partial charge in [0.15, 0.2) is 0 Å². The highest BCUT2D eigenvalue weighted by molar-refractivity contribution is 6.30. The molecule has 0 saturated carbocycles. The van der Waals surface area contributed by atoms with E-state index in [-0.39, 0.29) is 6.04 Å². The third-order valence-corrected chi connectivity index (χ3v) is 2.29. The van der Waals surface area contributed by atoms with Gasteiger partial charge in [-0.1, -0.05) is 17.7 Å². The number of ether oxygens (including phenoxy) is 1. The molecule has 1 unspecified atom stereocenters. The van der Waals surface area contributed by atoms with Crippen LogP contribution in [-0.2, 0) is 11.3 Å². The van der Waals surface area contributed by atoms with Gasteiger partial charge in [0, 0.05) is 5.02 Å². The Morgan fingerprint density at radius 3 is 3.17 bits per heavy atom. The van der Waals surface area contributed by atoms with Gasteiger partial charge >= 0.3 is 0 Å². The Bertz CT molecular complexity index is 301. The van der Waals surface area contributed by atoms with Crippen LogP contribution in [0, 0.1) is 0 Å². The predicted octanol–water partition coefficient (Wildman–Crippen LogP) is 1.87. The average molecular weight is 184 g/mol. The van der Waals surface area contributed by atoms with E-state index in [9.17, 15) is 0 Å². The van der Waals surface area contributed by atoms with Crippen molar-refractivity contribution in [3.63, 3.8) is 0 Å². The van der Waals surface area contributed by atoms with Gasteiger partial charge in [-0.2, -0.15) is 0 Å². The lowest BCUT2D eigenvalue weighted by Gasteiger charge is -2.22. The van der Waals surface area contributed by atoms with Crippen molar-refractivity contribution < 1.29 is 4.74 Å². The van der Waals surface area contributed by atoms with Crippen LogP contribution in [0.4, 0.5) is 0 Å². The highest BCUT2D eigenvalue weighted by atomic mass is 35.5. The summed E-state index contributed by atoms with van der Waals surface area (Å²) in [5.41, 5.74) is 8.10. The van der Waals surface area contributed by atoms with Gasteiger partial charge in [-0.3, -0.25) is 0 Å². The van der Waals surface area contributed by atoms with Gasteiger partial charge in [0.05, 0.1) is 19.3 Å². The summed E-state index contributed by atoms with van der Waals surface area (Å²) in [5.74, 6) is 0. The minimum Gasteiger partial charge on any atom is -0.375 e. The van der Waals surface area contributed by atoms with E-state index >= 15 is 0 Å². The second kappa shape index (κ2) is 3.05. The van der Waals surface area contributed by atoms with Crippen LogP contribution in [0.5, 0.6) is 0 Å².